The van der Waals surface area contributed by atoms with Crippen molar-refractivity contribution in [2.75, 3.05) is 13.1 Å². The number of nitrogens with one attached hydrogen (secondary N) is 1. The summed E-state index contributed by atoms with van der Waals surface area (Å²) in [7, 11) is 1.79. The maximum atomic E-state index is 12.3. The maximum Gasteiger partial charge on any atom is 0.326 e. The first-order chi connectivity index (χ1) is 10.3. The topological polar surface area (TPSA) is 105 Å². The number of carboxylic acids is 1. The number of carbonyl (C=O) groups is 3. The SMILES string of the molecule is CC(=O)NCCN(C(=O)CCc1cnn(C)c1)C(C)C(=O)O. The molecular weight excluding hydrogens is 288 g/mol. The number of hydrogen-bond acceptors (Lipinski definition) is 4. The molecule has 1 aromatic rings. The highest BCUT2D eigenvalue weighted by molar-refractivity contribution is 5.83. The number of carboxylic acid groups (broad SMARTS) is 1. The Morgan fingerprint density at radius 1 is 1.45 bits per heavy atom. The summed E-state index contributed by atoms with van der Waals surface area (Å²) in [5.41, 5.74) is 0.917. The average Bonchev–Trinajstić information content (AvgIpc) is 2.85. The van der Waals surface area contributed by atoms with Crippen molar-refractivity contribution in [1.29, 1.82) is 0 Å². The van der Waals surface area contributed by atoms with Gasteiger partial charge < -0.3 is 15.3 Å². The van der Waals surface area contributed by atoms with E-state index in [4.69, 9.17) is 5.11 Å². The molecule has 0 saturated heterocycles. The van der Waals surface area contributed by atoms with E-state index >= 15 is 0 Å². The van der Waals surface area contributed by atoms with Crippen molar-refractivity contribution in [2.24, 2.45) is 7.05 Å². The molecule has 0 aromatic carbocycles. The predicted molar refractivity (Wildman–Crippen MR) is 79.0 cm³/mol. The second kappa shape index (κ2) is 8.16. The third kappa shape index (κ3) is 5.55. The van der Waals surface area contributed by atoms with E-state index in [1.807, 2.05) is 6.20 Å². The number of aryl methyl sites for hydroxylation is 2. The number of hydrogen-bond donors (Lipinski definition) is 2. The van der Waals surface area contributed by atoms with Crippen LogP contribution < -0.4 is 5.32 Å². The monoisotopic (exact) mass is 310 g/mol. The van der Waals surface area contributed by atoms with E-state index in [9.17, 15) is 14.4 Å². The van der Waals surface area contributed by atoms with Crippen LogP contribution in [0, 0.1) is 0 Å². The van der Waals surface area contributed by atoms with Gasteiger partial charge in [-0.3, -0.25) is 14.3 Å². The Balaban J connectivity index is 2.61. The Labute approximate surface area is 129 Å². The van der Waals surface area contributed by atoms with E-state index in [0.717, 1.165) is 5.56 Å². The van der Waals surface area contributed by atoms with Gasteiger partial charge in [0.25, 0.3) is 0 Å². The zero-order valence-corrected chi connectivity index (χ0v) is 13.1. The summed E-state index contributed by atoms with van der Waals surface area (Å²) in [5, 5.41) is 15.7. The third-order valence-electron chi connectivity index (χ3n) is 3.26. The summed E-state index contributed by atoms with van der Waals surface area (Å²) in [6.45, 7) is 3.22. The summed E-state index contributed by atoms with van der Waals surface area (Å²) in [5.74, 6) is -1.55. The van der Waals surface area contributed by atoms with E-state index < -0.39 is 12.0 Å². The highest BCUT2D eigenvalue weighted by atomic mass is 16.4. The van der Waals surface area contributed by atoms with Crippen LogP contribution in [-0.2, 0) is 27.9 Å². The van der Waals surface area contributed by atoms with Crippen LogP contribution >= 0.6 is 0 Å². The number of aromatic nitrogens is 2. The lowest BCUT2D eigenvalue weighted by Crippen LogP contribution is -2.46. The van der Waals surface area contributed by atoms with Crippen molar-refractivity contribution in [3.05, 3.63) is 18.0 Å². The van der Waals surface area contributed by atoms with Gasteiger partial charge in [0, 0.05) is 39.7 Å². The van der Waals surface area contributed by atoms with Gasteiger partial charge in [0.2, 0.25) is 11.8 Å². The number of aliphatic carboxylic acids is 1. The van der Waals surface area contributed by atoms with Crippen LogP contribution in [0.2, 0.25) is 0 Å². The zero-order valence-electron chi connectivity index (χ0n) is 13.1. The Hall–Kier alpha value is -2.38. The van der Waals surface area contributed by atoms with Gasteiger partial charge >= 0.3 is 5.97 Å². The summed E-state index contributed by atoms with van der Waals surface area (Å²) < 4.78 is 1.65. The van der Waals surface area contributed by atoms with Gasteiger partial charge in [0.15, 0.2) is 0 Å². The minimum Gasteiger partial charge on any atom is -0.480 e. The van der Waals surface area contributed by atoms with Crippen LogP contribution in [0.25, 0.3) is 0 Å². The van der Waals surface area contributed by atoms with Gasteiger partial charge in [-0.05, 0) is 18.9 Å². The molecule has 122 valence electrons. The van der Waals surface area contributed by atoms with E-state index in [1.165, 1.54) is 18.7 Å². The standard InChI is InChI=1S/C14H22N4O4/c1-10(14(21)22)18(7-6-15-11(2)19)13(20)5-4-12-8-16-17(3)9-12/h8-10H,4-7H2,1-3H3,(H,15,19)(H,21,22). The van der Waals surface area contributed by atoms with Crippen LogP contribution in [0.5, 0.6) is 0 Å². The molecule has 0 bridgehead atoms. The fourth-order valence-electron chi connectivity index (χ4n) is 2.02. The maximum absolute atomic E-state index is 12.3. The Bertz CT molecular complexity index is 541. The van der Waals surface area contributed by atoms with Gasteiger partial charge in [-0.1, -0.05) is 0 Å². The minimum atomic E-state index is -1.07. The zero-order chi connectivity index (χ0) is 16.7. The highest BCUT2D eigenvalue weighted by Gasteiger charge is 2.24. The second-order valence-corrected chi connectivity index (χ2v) is 5.11. The molecule has 1 rings (SSSR count). The van der Waals surface area contributed by atoms with Crippen LogP contribution in [0.3, 0.4) is 0 Å². The number of amides is 2. The van der Waals surface area contributed by atoms with E-state index in [1.54, 1.807) is 17.9 Å². The van der Waals surface area contributed by atoms with Gasteiger partial charge in [0.1, 0.15) is 6.04 Å². The van der Waals surface area contributed by atoms with Crippen molar-refractivity contribution in [3.63, 3.8) is 0 Å². The first kappa shape index (κ1) is 17.7. The van der Waals surface area contributed by atoms with E-state index in [2.05, 4.69) is 10.4 Å². The van der Waals surface area contributed by atoms with Crippen LogP contribution in [0.1, 0.15) is 25.8 Å². The molecule has 0 radical (unpaired) electrons. The summed E-state index contributed by atoms with van der Waals surface area (Å²) in [6, 6.07) is -0.935. The first-order valence-electron chi connectivity index (χ1n) is 7.05. The fourth-order valence-corrected chi connectivity index (χ4v) is 2.02. The van der Waals surface area contributed by atoms with Crippen molar-refractivity contribution in [1.82, 2.24) is 20.0 Å². The fraction of sp³-hybridized carbons (Fsp3) is 0.571. The summed E-state index contributed by atoms with van der Waals surface area (Å²) in [4.78, 5) is 35.5. The molecule has 2 amide bonds. The molecule has 1 heterocycles. The molecule has 0 saturated carbocycles. The molecule has 2 N–H and O–H groups in total. The summed E-state index contributed by atoms with van der Waals surface area (Å²) >= 11 is 0. The molecule has 0 aliphatic heterocycles. The van der Waals surface area contributed by atoms with Crippen LogP contribution in [0.15, 0.2) is 12.4 Å². The lowest BCUT2D eigenvalue weighted by molar-refractivity contribution is -0.149. The molecule has 1 atom stereocenters. The van der Waals surface area contributed by atoms with Gasteiger partial charge in [-0.25, -0.2) is 4.79 Å². The lowest BCUT2D eigenvalue weighted by Gasteiger charge is -2.26. The van der Waals surface area contributed by atoms with Crippen molar-refractivity contribution < 1.29 is 19.5 Å². The van der Waals surface area contributed by atoms with Gasteiger partial charge in [-0.15, -0.1) is 0 Å². The second-order valence-electron chi connectivity index (χ2n) is 5.11. The molecule has 8 nitrogen and oxygen atoms in total. The number of nitrogens with zero attached hydrogens (tertiary/aromatic N) is 3. The van der Waals surface area contributed by atoms with Crippen molar-refractivity contribution >= 4 is 17.8 Å². The lowest BCUT2D eigenvalue weighted by atomic mass is 10.1. The van der Waals surface area contributed by atoms with Crippen molar-refractivity contribution in [3.8, 4) is 0 Å². The average molecular weight is 310 g/mol. The molecule has 0 aliphatic carbocycles. The quantitative estimate of drug-likeness (QED) is 0.691. The van der Waals surface area contributed by atoms with Crippen molar-refractivity contribution in [2.45, 2.75) is 32.7 Å². The number of rotatable bonds is 8. The Morgan fingerprint density at radius 3 is 2.64 bits per heavy atom. The molecule has 0 fully saturated rings. The molecule has 0 spiro atoms. The first-order valence-corrected chi connectivity index (χ1v) is 7.05. The predicted octanol–water partition coefficient (Wildman–Crippen LogP) is -0.209. The Kier molecular flexibility index (Phi) is 6.55. The molecule has 8 heteroatoms. The molecule has 0 aliphatic rings. The third-order valence-corrected chi connectivity index (χ3v) is 3.26. The largest absolute Gasteiger partial charge is 0.480 e. The molecule has 22 heavy (non-hydrogen) atoms. The molecular formula is C14H22N4O4. The van der Waals surface area contributed by atoms with Gasteiger partial charge in [-0.2, -0.15) is 5.10 Å². The smallest absolute Gasteiger partial charge is 0.326 e. The van der Waals surface area contributed by atoms with E-state index in [-0.39, 0.29) is 31.3 Å². The highest BCUT2D eigenvalue weighted by Crippen LogP contribution is 2.07. The van der Waals surface area contributed by atoms with Crippen LogP contribution in [0.4, 0.5) is 0 Å². The van der Waals surface area contributed by atoms with Gasteiger partial charge in [0.05, 0.1) is 6.20 Å². The molecule has 1 unspecified atom stereocenters. The Morgan fingerprint density at radius 2 is 2.14 bits per heavy atom. The van der Waals surface area contributed by atoms with E-state index in [0.29, 0.717) is 6.42 Å². The normalized spacial score (nSPS) is 11.8. The molecule has 1 aromatic heterocycles. The van der Waals surface area contributed by atoms with Crippen LogP contribution in [-0.4, -0.2) is 56.7 Å². The summed E-state index contributed by atoms with van der Waals surface area (Å²) in [6.07, 6.45) is 4.18. The number of carbonyl (C=O) groups excluding carboxylic acids is 2. The minimum absolute atomic E-state index is 0.166.